The Kier molecular flexibility index (Phi) is 6.74. The summed E-state index contributed by atoms with van der Waals surface area (Å²) in [5.41, 5.74) is 5.87. The highest BCUT2D eigenvalue weighted by molar-refractivity contribution is 7.88. The lowest BCUT2D eigenvalue weighted by molar-refractivity contribution is -0.122. The van der Waals surface area contributed by atoms with E-state index in [1.54, 1.807) is 0 Å². The molecule has 0 aromatic rings. The second kappa shape index (κ2) is 7.81. The highest BCUT2D eigenvalue weighted by Crippen LogP contribution is 2.26. The third kappa shape index (κ3) is 7.49. The van der Waals surface area contributed by atoms with Crippen LogP contribution in [0.25, 0.3) is 0 Å². The number of hydrogen-bond donors (Lipinski definition) is 3. The van der Waals surface area contributed by atoms with Crippen LogP contribution in [0.3, 0.4) is 0 Å². The summed E-state index contributed by atoms with van der Waals surface area (Å²) in [4.78, 5) is 11.7. The molecule has 0 heterocycles. The standard InChI is InChI=1S/C12H25N3O3S/c1-19(17,18)15-8-7-14-12(16)11(13)9-10-5-3-2-4-6-10/h10-11,15H,2-9,13H2,1H3,(H,14,16). The summed E-state index contributed by atoms with van der Waals surface area (Å²) >= 11 is 0. The van der Waals surface area contributed by atoms with Gasteiger partial charge in [0, 0.05) is 13.1 Å². The molecule has 1 rings (SSSR count). The predicted molar refractivity (Wildman–Crippen MR) is 75.0 cm³/mol. The van der Waals surface area contributed by atoms with Crippen LogP contribution in [0, 0.1) is 5.92 Å². The molecule has 0 aromatic carbocycles. The minimum Gasteiger partial charge on any atom is -0.353 e. The van der Waals surface area contributed by atoms with Crippen molar-refractivity contribution in [2.45, 2.75) is 44.6 Å². The Morgan fingerprint density at radius 3 is 2.47 bits per heavy atom. The van der Waals surface area contributed by atoms with Gasteiger partial charge in [-0.3, -0.25) is 4.79 Å². The molecule has 4 N–H and O–H groups in total. The van der Waals surface area contributed by atoms with Gasteiger partial charge in [0.05, 0.1) is 12.3 Å². The molecule has 0 spiro atoms. The average Bonchev–Trinajstić information content (AvgIpc) is 2.34. The number of sulfonamides is 1. The Bertz CT molecular complexity index is 378. The molecular formula is C12H25N3O3S. The maximum Gasteiger partial charge on any atom is 0.236 e. The van der Waals surface area contributed by atoms with Crippen LogP contribution in [0.15, 0.2) is 0 Å². The topological polar surface area (TPSA) is 101 Å². The average molecular weight is 291 g/mol. The number of carbonyl (C=O) groups excluding carboxylic acids is 1. The van der Waals surface area contributed by atoms with Gasteiger partial charge in [0.2, 0.25) is 15.9 Å². The summed E-state index contributed by atoms with van der Waals surface area (Å²) in [7, 11) is -3.20. The fourth-order valence-corrected chi connectivity index (χ4v) is 2.92. The summed E-state index contributed by atoms with van der Waals surface area (Å²) in [6.07, 6.45) is 7.89. The fraction of sp³-hybridized carbons (Fsp3) is 0.917. The summed E-state index contributed by atoms with van der Waals surface area (Å²) in [5.74, 6) is 0.365. The summed E-state index contributed by atoms with van der Waals surface area (Å²) in [6.45, 7) is 0.463. The van der Waals surface area contributed by atoms with Crippen molar-refractivity contribution in [3.05, 3.63) is 0 Å². The van der Waals surface area contributed by atoms with E-state index >= 15 is 0 Å². The first-order chi connectivity index (χ1) is 8.88. The lowest BCUT2D eigenvalue weighted by Gasteiger charge is -2.24. The van der Waals surface area contributed by atoms with E-state index in [1.807, 2.05) is 0 Å². The smallest absolute Gasteiger partial charge is 0.236 e. The Hall–Kier alpha value is -0.660. The summed E-state index contributed by atoms with van der Waals surface area (Å²) in [5, 5.41) is 2.65. The zero-order chi connectivity index (χ0) is 14.3. The van der Waals surface area contributed by atoms with Crippen LogP contribution >= 0.6 is 0 Å². The number of nitrogens with two attached hydrogens (primary N) is 1. The van der Waals surface area contributed by atoms with Gasteiger partial charge in [0.25, 0.3) is 0 Å². The second-order valence-electron chi connectivity index (χ2n) is 5.30. The largest absolute Gasteiger partial charge is 0.353 e. The van der Waals surface area contributed by atoms with Crippen molar-refractivity contribution in [1.82, 2.24) is 10.0 Å². The molecule has 1 fully saturated rings. The molecule has 6 nitrogen and oxygen atoms in total. The molecule has 0 aliphatic heterocycles. The van der Waals surface area contributed by atoms with Gasteiger partial charge in [0.1, 0.15) is 0 Å². The Morgan fingerprint density at radius 2 is 1.89 bits per heavy atom. The lowest BCUT2D eigenvalue weighted by Crippen LogP contribution is -2.44. The second-order valence-corrected chi connectivity index (χ2v) is 7.14. The normalized spacial score (nSPS) is 19.1. The van der Waals surface area contributed by atoms with Gasteiger partial charge in [-0.15, -0.1) is 0 Å². The van der Waals surface area contributed by atoms with Crippen LogP contribution in [0.1, 0.15) is 38.5 Å². The monoisotopic (exact) mass is 291 g/mol. The van der Waals surface area contributed by atoms with Gasteiger partial charge in [0.15, 0.2) is 0 Å². The molecule has 112 valence electrons. The SMILES string of the molecule is CS(=O)(=O)NCCNC(=O)C(N)CC1CCCCC1. The Labute approximate surface area is 115 Å². The minimum atomic E-state index is -3.20. The van der Waals surface area contributed by atoms with Gasteiger partial charge in [-0.25, -0.2) is 13.1 Å². The zero-order valence-corrected chi connectivity index (χ0v) is 12.3. The van der Waals surface area contributed by atoms with Gasteiger partial charge < -0.3 is 11.1 Å². The minimum absolute atomic E-state index is 0.194. The van der Waals surface area contributed by atoms with Crippen LogP contribution in [0.5, 0.6) is 0 Å². The van der Waals surface area contributed by atoms with E-state index in [2.05, 4.69) is 10.0 Å². The van der Waals surface area contributed by atoms with Crippen molar-refractivity contribution in [3.8, 4) is 0 Å². The maximum absolute atomic E-state index is 11.7. The van der Waals surface area contributed by atoms with E-state index in [0.717, 1.165) is 25.5 Å². The quantitative estimate of drug-likeness (QED) is 0.572. The lowest BCUT2D eigenvalue weighted by atomic mass is 9.85. The molecule has 1 unspecified atom stereocenters. The summed E-state index contributed by atoms with van der Waals surface area (Å²) < 4.78 is 24.0. The van der Waals surface area contributed by atoms with Crippen LogP contribution in [0.2, 0.25) is 0 Å². The van der Waals surface area contributed by atoms with E-state index in [-0.39, 0.29) is 19.0 Å². The van der Waals surface area contributed by atoms with Crippen molar-refractivity contribution in [1.29, 1.82) is 0 Å². The van der Waals surface area contributed by atoms with E-state index in [1.165, 1.54) is 19.3 Å². The number of rotatable bonds is 7. The fourth-order valence-electron chi connectivity index (χ4n) is 2.44. The first kappa shape index (κ1) is 16.4. The first-order valence-electron chi connectivity index (χ1n) is 6.86. The highest BCUT2D eigenvalue weighted by Gasteiger charge is 2.20. The molecule has 0 saturated heterocycles. The highest BCUT2D eigenvalue weighted by atomic mass is 32.2. The Balaban J connectivity index is 2.17. The molecular weight excluding hydrogens is 266 g/mol. The maximum atomic E-state index is 11.7. The number of hydrogen-bond acceptors (Lipinski definition) is 4. The van der Waals surface area contributed by atoms with Crippen molar-refractivity contribution in [2.24, 2.45) is 11.7 Å². The molecule has 0 aromatic heterocycles. The predicted octanol–water partition coefficient (Wildman–Crippen LogP) is -0.0505. The number of amides is 1. The molecule has 1 aliphatic carbocycles. The molecule has 7 heteroatoms. The van der Waals surface area contributed by atoms with Gasteiger partial charge >= 0.3 is 0 Å². The molecule has 0 bridgehead atoms. The third-order valence-corrected chi connectivity index (χ3v) is 4.17. The van der Waals surface area contributed by atoms with Gasteiger partial charge in [-0.1, -0.05) is 32.1 Å². The van der Waals surface area contributed by atoms with Crippen LogP contribution in [0.4, 0.5) is 0 Å². The van der Waals surface area contributed by atoms with E-state index in [9.17, 15) is 13.2 Å². The van der Waals surface area contributed by atoms with Crippen molar-refractivity contribution in [2.75, 3.05) is 19.3 Å². The van der Waals surface area contributed by atoms with E-state index in [0.29, 0.717) is 5.92 Å². The third-order valence-electron chi connectivity index (χ3n) is 3.44. The van der Waals surface area contributed by atoms with Crippen LogP contribution < -0.4 is 15.8 Å². The summed E-state index contributed by atoms with van der Waals surface area (Å²) in [6, 6.07) is -0.485. The van der Waals surface area contributed by atoms with Crippen LogP contribution in [-0.2, 0) is 14.8 Å². The van der Waals surface area contributed by atoms with E-state index < -0.39 is 16.1 Å². The Morgan fingerprint density at radius 1 is 1.26 bits per heavy atom. The molecule has 1 amide bonds. The van der Waals surface area contributed by atoms with E-state index in [4.69, 9.17) is 5.73 Å². The van der Waals surface area contributed by atoms with Crippen LogP contribution in [-0.4, -0.2) is 39.7 Å². The molecule has 0 radical (unpaired) electrons. The molecule has 1 atom stereocenters. The van der Waals surface area contributed by atoms with Crippen molar-refractivity contribution in [3.63, 3.8) is 0 Å². The molecule has 1 aliphatic rings. The first-order valence-corrected chi connectivity index (χ1v) is 8.75. The van der Waals surface area contributed by atoms with Gasteiger partial charge in [-0.05, 0) is 12.3 Å². The van der Waals surface area contributed by atoms with Gasteiger partial charge in [-0.2, -0.15) is 0 Å². The number of carbonyl (C=O) groups is 1. The number of nitrogens with one attached hydrogen (secondary N) is 2. The van der Waals surface area contributed by atoms with Crippen molar-refractivity contribution >= 4 is 15.9 Å². The molecule has 1 saturated carbocycles. The van der Waals surface area contributed by atoms with Crippen molar-refractivity contribution < 1.29 is 13.2 Å². The zero-order valence-electron chi connectivity index (χ0n) is 11.5. The molecule has 19 heavy (non-hydrogen) atoms.